The van der Waals surface area contributed by atoms with E-state index in [0.717, 1.165) is 23.4 Å². The number of unbranched alkanes of at least 4 members (excludes halogenated alkanes) is 2. The van der Waals surface area contributed by atoms with Crippen molar-refractivity contribution in [2.75, 3.05) is 0 Å². The zero-order chi connectivity index (χ0) is 11.9. The third kappa shape index (κ3) is 3.38. The first-order chi connectivity index (χ1) is 8.40. The molecule has 0 amide bonds. The van der Waals surface area contributed by atoms with Gasteiger partial charge in [0.25, 0.3) is 0 Å². The molecule has 1 aromatic heterocycles. The second-order valence-corrected chi connectivity index (χ2v) is 4.22. The van der Waals surface area contributed by atoms with E-state index in [9.17, 15) is 0 Å². The first-order valence-electron chi connectivity index (χ1n) is 6.26. The summed E-state index contributed by atoms with van der Waals surface area (Å²) in [6, 6.07) is 12.4. The van der Waals surface area contributed by atoms with Crippen LogP contribution in [-0.2, 0) is 6.42 Å². The first-order valence-corrected chi connectivity index (χ1v) is 6.26. The predicted molar refractivity (Wildman–Crippen MR) is 70.7 cm³/mol. The van der Waals surface area contributed by atoms with Crippen LogP contribution in [0, 0.1) is 0 Å². The average molecular weight is 226 g/mol. The second-order valence-electron chi connectivity index (χ2n) is 4.22. The third-order valence-corrected chi connectivity index (χ3v) is 2.83. The van der Waals surface area contributed by atoms with Crippen LogP contribution in [0.5, 0.6) is 0 Å². The van der Waals surface area contributed by atoms with Crippen LogP contribution in [0.25, 0.3) is 11.3 Å². The molecule has 1 aromatic carbocycles. The number of aromatic nitrogens is 2. The summed E-state index contributed by atoms with van der Waals surface area (Å²) in [4.78, 5) is 8.65. The van der Waals surface area contributed by atoms with Crippen molar-refractivity contribution in [1.82, 2.24) is 9.97 Å². The molecule has 0 bridgehead atoms. The molecule has 1 heterocycles. The number of hydrogen-bond donors (Lipinski definition) is 0. The van der Waals surface area contributed by atoms with E-state index >= 15 is 0 Å². The first kappa shape index (κ1) is 11.8. The Morgan fingerprint density at radius 2 is 1.82 bits per heavy atom. The van der Waals surface area contributed by atoms with Crippen molar-refractivity contribution < 1.29 is 0 Å². The quantitative estimate of drug-likeness (QED) is 0.723. The molecule has 2 nitrogen and oxygen atoms in total. The van der Waals surface area contributed by atoms with Crippen LogP contribution in [0.2, 0.25) is 0 Å². The summed E-state index contributed by atoms with van der Waals surface area (Å²) in [5, 5.41) is 0. The summed E-state index contributed by atoms with van der Waals surface area (Å²) < 4.78 is 0. The lowest BCUT2D eigenvalue weighted by atomic mass is 10.1. The van der Waals surface area contributed by atoms with E-state index in [1.165, 1.54) is 19.3 Å². The van der Waals surface area contributed by atoms with Crippen LogP contribution in [0.15, 0.2) is 42.7 Å². The topological polar surface area (TPSA) is 25.8 Å². The van der Waals surface area contributed by atoms with Crippen LogP contribution in [0.4, 0.5) is 0 Å². The SMILES string of the molecule is CCCCCc1cc(-c2ccccc2)ncn1. The van der Waals surface area contributed by atoms with Crippen molar-refractivity contribution in [1.29, 1.82) is 0 Å². The van der Waals surface area contributed by atoms with E-state index in [4.69, 9.17) is 0 Å². The Balaban J connectivity index is 2.12. The molecule has 2 rings (SSSR count). The van der Waals surface area contributed by atoms with Gasteiger partial charge in [0.1, 0.15) is 6.33 Å². The smallest absolute Gasteiger partial charge is 0.116 e. The third-order valence-electron chi connectivity index (χ3n) is 2.83. The fraction of sp³-hybridized carbons (Fsp3) is 0.333. The van der Waals surface area contributed by atoms with Gasteiger partial charge in [-0.15, -0.1) is 0 Å². The van der Waals surface area contributed by atoms with Crippen molar-refractivity contribution in [3.8, 4) is 11.3 Å². The van der Waals surface area contributed by atoms with Gasteiger partial charge < -0.3 is 0 Å². The Morgan fingerprint density at radius 1 is 1.00 bits per heavy atom. The molecule has 0 radical (unpaired) electrons. The van der Waals surface area contributed by atoms with E-state index in [1.807, 2.05) is 18.2 Å². The predicted octanol–water partition coefficient (Wildman–Crippen LogP) is 3.88. The standard InChI is InChI=1S/C15H18N2/c1-2-3-5-10-14-11-15(17-12-16-14)13-8-6-4-7-9-13/h4,6-9,11-12H,2-3,5,10H2,1H3. The Morgan fingerprint density at radius 3 is 2.59 bits per heavy atom. The molecule has 0 saturated carbocycles. The number of hydrogen-bond acceptors (Lipinski definition) is 2. The molecule has 0 aliphatic heterocycles. The minimum atomic E-state index is 1.02. The normalized spacial score (nSPS) is 10.4. The molecule has 88 valence electrons. The lowest BCUT2D eigenvalue weighted by Crippen LogP contribution is -1.93. The average Bonchev–Trinajstić information content (AvgIpc) is 2.41. The highest BCUT2D eigenvalue weighted by Crippen LogP contribution is 2.16. The van der Waals surface area contributed by atoms with Gasteiger partial charge in [0.2, 0.25) is 0 Å². The molecule has 0 spiro atoms. The highest BCUT2D eigenvalue weighted by atomic mass is 14.8. The molecule has 17 heavy (non-hydrogen) atoms. The highest BCUT2D eigenvalue weighted by molar-refractivity contribution is 5.58. The Hall–Kier alpha value is -1.70. The molecule has 0 N–H and O–H groups in total. The van der Waals surface area contributed by atoms with Gasteiger partial charge in [0, 0.05) is 11.3 Å². The molecule has 0 unspecified atom stereocenters. The zero-order valence-corrected chi connectivity index (χ0v) is 10.3. The number of rotatable bonds is 5. The van der Waals surface area contributed by atoms with E-state index in [2.05, 4.69) is 35.1 Å². The minimum absolute atomic E-state index is 1.02. The number of aryl methyl sites for hydroxylation is 1. The summed E-state index contributed by atoms with van der Waals surface area (Å²) in [6.07, 6.45) is 6.45. The van der Waals surface area contributed by atoms with Gasteiger partial charge in [-0.3, -0.25) is 0 Å². The van der Waals surface area contributed by atoms with Crippen LogP contribution >= 0.6 is 0 Å². The maximum absolute atomic E-state index is 4.33. The van der Waals surface area contributed by atoms with Gasteiger partial charge in [0.15, 0.2) is 0 Å². The van der Waals surface area contributed by atoms with Gasteiger partial charge in [-0.2, -0.15) is 0 Å². The summed E-state index contributed by atoms with van der Waals surface area (Å²) in [5.41, 5.74) is 3.33. The van der Waals surface area contributed by atoms with Gasteiger partial charge >= 0.3 is 0 Å². The molecule has 0 aliphatic carbocycles. The summed E-state index contributed by atoms with van der Waals surface area (Å²) >= 11 is 0. The van der Waals surface area contributed by atoms with Crippen molar-refractivity contribution in [2.24, 2.45) is 0 Å². The van der Waals surface area contributed by atoms with Crippen molar-refractivity contribution in [3.63, 3.8) is 0 Å². The fourth-order valence-corrected chi connectivity index (χ4v) is 1.86. The van der Waals surface area contributed by atoms with Crippen molar-refractivity contribution in [2.45, 2.75) is 32.6 Å². The summed E-state index contributed by atoms with van der Waals surface area (Å²) in [5.74, 6) is 0. The van der Waals surface area contributed by atoms with E-state index in [1.54, 1.807) is 6.33 Å². The molecule has 0 fully saturated rings. The Labute approximate surface area is 103 Å². The Bertz CT molecular complexity index is 451. The zero-order valence-electron chi connectivity index (χ0n) is 10.3. The number of benzene rings is 1. The molecular formula is C15H18N2. The van der Waals surface area contributed by atoms with E-state index < -0.39 is 0 Å². The van der Waals surface area contributed by atoms with Gasteiger partial charge in [0.05, 0.1) is 5.69 Å². The Kier molecular flexibility index (Phi) is 4.25. The van der Waals surface area contributed by atoms with Crippen LogP contribution < -0.4 is 0 Å². The van der Waals surface area contributed by atoms with Gasteiger partial charge in [-0.05, 0) is 18.9 Å². The largest absolute Gasteiger partial charge is 0.241 e. The van der Waals surface area contributed by atoms with Crippen molar-refractivity contribution in [3.05, 3.63) is 48.4 Å². The maximum atomic E-state index is 4.33. The van der Waals surface area contributed by atoms with Crippen LogP contribution in [0.1, 0.15) is 31.9 Å². The monoisotopic (exact) mass is 226 g/mol. The second kappa shape index (κ2) is 6.14. The summed E-state index contributed by atoms with van der Waals surface area (Å²) in [6.45, 7) is 2.22. The lowest BCUT2D eigenvalue weighted by molar-refractivity contribution is 0.706. The molecular weight excluding hydrogens is 208 g/mol. The highest BCUT2D eigenvalue weighted by Gasteiger charge is 2.01. The molecule has 2 heteroatoms. The molecule has 0 atom stereocenters. The van der Waals surface area contributed by atoms with Crippen molar-refractivity contribution >= 4 is 0 Å². The minimum Gasteiger partial charge on any atom is -0.241 e. The number of nitrogens with zero attached hydrogens (tertiary/aromatic N) is 2. The van der Waals surface area contributed by atoms with Crippen LogP contribution in [0.3, 0.4) is 0 Å². The van der Waals surface area contributed by atoms with Gasteiger partial charge in [-0.25, -0.2) is 9.97 Å². The van der Waals surface area contributed by atoms with Crippen LogP contribution in [-0.4, -0.2) is 9.97 Å². The van der Waals surface area contributed by atoms with E-state index in [0.29, 0.717) is 0 Å². The molecule has 0 saturated heterocycles. The fourth-order valence-electron chi connectivity index (χ4n) is 1.86. The lowest BCUT2D eigenvalue weighted by Gasteiger charge is -2.03. The summed E-state index contributed by atoms with van der Waals surface area (Å²) in [7, 11) is 0. The maximum Gasteiger partial charge on any atom is 0.116 e. The van der Waals surface area contributed by atoms with E-state index in [-0.39, 0.29) is 0 Å². The van der Waals surface area contributed by atoms with Gasteiger partial charge in [-0.1, -0.05) is 50.1 Å². The molecule has 0 aliphatic rings. The molecule has 2 aromatic rings.